The van der Waals surface area contributed by atoms with E-state index in [0.29, 0.717) is 32.5 Å². The van der Waals surface area contributed by atoms with Crippen LogP contribution in [0.5, 0.6) is 5.75 Å². The first-order valence-corrected chi connectivity index (χ1v) is 9.42. The summed E-state index contributed by atoms with van der Waals surface area (Å²) in [6, 6.07) is 17.6. The summed E-state index contributed by atoms with van der Waals surface area (Å²) in [5.74, 6) is -0.710. The molecular weight excluding hydrogens is 435 g/mol. The molecule has 0 fully saturated rings. The van der Waals surface area contributed by atoms with Gasteiger partial charge in [-0.15, -0.1) is 0 Å². The second-order valence-corrected chi connectivity index (χ2v) is 7.01. The lowest BCUT2D eigenvalue weighted by Crippen LogP contribution is -2.17. The number of hydrogen-bond acceptors (Lipinski definition) is 4. The van der Waals surface area contributed by atoms with E-state index in [9.17, 15) is 9.59 Å². The lowest BCUT2D eigenvalue weighted by atomic mass is 10.2. The highest BCUT2D eigenvalue weighted by Crippen LogP contribution is 2.22. The fourth-order valence-electron chi connectivity index (χ4n) is 2.29. The molecule has 3 aromatic rings. The van der Waals surface area contributed by atoms with Gasteiger partial charge in [-0.1, -0.05) is 46.9 Å². The molecule has 0 saturated heterocycles. The number of nitrogens with zero attached hydrogens (tertiary/aromatic N) is 1. The van der Waals surface area contributed by atoms with Crippen molar-refractivity contribution in [1.29, 1.82) is 0 Å². The van der Waals surface area contributed by atoms with Gasteiger partial charge in [-0.2, -0.15) is 5.10 Å². The quantitative estimate of drug-likeness (QED) is 0.238. The molecule has 1 N–H and O–H groups in total. The summed E-state index contributed by atoms with van der Waals surface area (Å²) in [6.07, 6.45) is 1.37. The van der Waals surface area contributed by atoms with Crippen molar-refractivity contribution < 1.29 is 14.3 Å². The first kappa shape index (κ1) is 20.9. The summed E-state index contributed by atoms with van der Waals surface area (Å²) < 4.78 is 5.42. The van der Waals surface area contributed by atoms with Crippen LogP contribution in [-0.4, -0.2) is 18.1 Å². The summed E-state index contributed by atoms with van der Waals surface area (Å²) in [4.78, 5) is 24.5. The zero-order valence-corrected chi connectivity index (χ0v) is 17.0. The van der Waals surface area contributed by atoms with Gasteiger partial charge in [-0.25, -0.2) is 10.2 Å². The average Bonchev–Trinajstić information content (AvgIpc) is 2.71. The summed E-state index contributed by atoms with van der Waals surface area (Å²) in [6.45, 7) is 0. The molecular formula is C21H13Cl3N2O3. The third kappa shape index (κ3) is 5.57. The van der Waals surface area contributed by atoms with Crippen LogP contribution in [0.3, 0.4) is 0 Å². The Kier molecular flexibility index (Phi) is 6.88. The normalized spacial score (nSPS) is 10.7. The van der Waals surface area contributed by atoms with Gasteiger partial charge in [0.05, 0.1) is 21.8 Å². The molecule has 0 atom stereocenters. The maximum Gasteiger partial charge on any atom is 0.343 e. The van der Waals surface area contributed by atoms with E-state index in [-0.39, 0.29) is 5.02 Å². The Balaban J connectivity index is 1.69. The lowest BCUT2D eigenvalue weighted by molar-refractivity contribution is 0.0734. The van der Waals surface area contributed by atoms with E-state index in [1.807, 2.05) is 0 Å². The topological polar surface area (TPSA) is 67.8 Å². The Labute approximate surface area is 181 Å². The van der Waals surface area contributed by atoms with Crippen molar-refractivity contribution >= 4 is 52.9 Å². The number of rotatable bonds is 5. The second kappa shape index (κ2) is 9.56. The number of hydrogen-bond donors (Lipinski definition) is 1. The van der Waals surface area contributed by atoms with E-state index in [4.69, 9.17) is 39.5 Å². The van der Waals surface area contributed by atoms with Gasteiger partial charge in [0, 0.05) is 16.1 Å². The molecule has 0 aliphatic heterocycles. The largest absolute Gasteiger partial charge is 0.422 e. The third-order valence-electron chi connectivity index (χ3n) is 3.75. The molecule has 5 nitrogen and oxygen atoms in total. The van der Waals surface area contributed by atoms with Crippen molar-refractivity contribution in [3.8, 4) is 5.75 Å². The van der Waals surface area contributed by atoms with Crippen LogP contribution >= 0.6 is 34.8 Å². The molecule has 146 valence electrons. The smallest absolute Gasteiger partial charge is 0.343 e. The molecule has 0 spiro atoms. The van der Waals surface area contributed by atoms with Crippen molar-refractivity contribution in [1.82, 2.24) is 5.43 Å². The van der Waals surface area contributed by atoms with Gasteiger partial charge in [-0.3, -0.25) is 4.79 Å². The molecule has 3 rings (SSSR count). The van der Waals surface area contributed by atoms with Crippen molar-refractivity contribution in [2.45, 2.75) is 0 Å². The van der Waals surface area contributed by atoms with Crippen molar-refractivity contribution in [2.24, 2.45) is 5.10 Å². The van der Waals surface area contributed by atoms with Gasteiger partial charge in [0.1, 0.15) is 5.75 Å². The number of esters is 1. The number of halogens is 3. The fraction of sp³-hybridized carbons (Fsp3) is 0. The highest BCUT2D eigenvalue weighted by Gasteiger charge is 2.11. The summed E-state index contributed by atoms with van der Waals surface area (Å²) in [5.41, 5.74) is 3.55. The second-order valence-electron chi connectivity index (χ2n) is 5.76. The number of amides is 1. The average molecular weight is 448 g/mol. The standard InChI is InChI=1S/C21H13Cl3N2O3/c22-16-8-5-13(6-9-16)21(28)29-19-4-2-1-3-15(19)12-25-26-20(27)14-7-10-17(23)18(24)11-14/h1-12H,(H,26,27). The van der Waals surface area contributed by atoms with E-state index in [0.717, 1.165) is 0 Å². The van der Waals surface area contributed by atoms with E-state index in [1.165, 1.54) is 24.4 Å². The van der Waals surface area contributed by atoms with Gasteiger partial charge in [0.15, 0.2) is 0 Å². The number of carbonyl (C=O) groups excluding carboxylic acids is 2. The van der Waals surface area contributed by atoms with Crippen LogP contribution in [-0.2, 0) is 0 Å². The fourth-order valence-corrected chi connectivity index (χ4v) is 2.71. The summed E-state index contributed by atoms with van der Waals surface area (Å²) in [7, 11) is 0. The van der Waals surface area contributed by atoms with Crippen LogP contribution in [0.1, 0.15) is 26.3 Å². The summed E-state index contributed by atoms with van der Waals surface area (Å²) in [5, 5.41) is 5.05. The molecule has 0 saturated carbocycles. The minimum absolute atomic E-state index is 0.266. The molecule has 8 heteroatoms. The van der Waals surface area contributed by atoms with Crippen LogP contribution in [0, 0.1) is 0 Å². The number of carbonyl (C=O) groups is 2. The molecule has 29 heavy (non-hydrogen) atoms. The van der Waals surface area contributed by atoms with Crippen LogP contribution in [0.25, 0.3) is 0 Å². The minimum atomic E-state index is -0.539. The predicted octanol–water partition coefficient (Wildman–Crippen LogP) is 5.63. The molecule has 0 aliphatic rings. The van der Waals surface area contributed by atoms with Gasteiger partial charge in [0.25, 0.3) is 5.91 Å². The molecule has 0 unspecified atom stereocenters. The van der Waals surface area contributed by atoms with Crippen molar-refractivity contribution in [3.63, 3.8) is 0 Å². The Morgan fingerprint density at radius 3 is 2.28 bits per heavy atom. The number of ether oxygens (including phenoxy) is 1. The predicted molar refractivity (Wildman–Crippen MR) is 114 cm³/mol. The van der Waals surface area contributed by atoms with E-state index >= 15 is 0 Å². The lowest BCUT2D eigenvalue weighted by Gasteiger charge is -2.07. The van der Waals surface area contributed by atoms with Crippen molar-refractivity contribution in [2.75, 3.05) is 0 Å². The minimum Gasteiger partial charge on any atom is -0.422 e. The zero-order chi connectivity index (χ0) is 20.8. The molecule has 3 aromatic carbocycles. The summed E-state index contributed by atoms with van der Waals surface area (Å²) >= 11 is 17.6. The number of benzene rings is 3. The first-order valence-electron chi connectivity index (χ1n) is 8.29. The number of para-hydroxylation sites is 1. The van der Waals surface area contributed by atoms with Crippen LogP contribution in [0.2, 0.25) is 15.1 Å². The molecule has 0 bridgehead atoms. The zero-order valence-electron chi connectivity index (χ0n) is 14.7. The SMILES string of the molecule is O=C(NN=Cc1ccccc1OC(=O)c1ccc(Cl)cc1)c1ccc(Cl)c(Cl)c1. The van der Waals surface area contributed by atoms with Crippen LogP contribution in [0.4, 0.5) is 0 Å². The monoisotopic (exact) mass is 446 g/mol. The Bertz CT molecular complexity index is 1080. The highest BCUT2D eigenvalue weighted by molar-refractivity contribution is 6.42. The molecule has 0 aromatic heterocycles. The van der Waals surface area contributed by atoms with Gasteiger partial charge < -0.3 is 4.74 Å². The molecule has 0 heterocycles. The van der Waals surface area contributed by atoms with Gasteiger partial charge in [0.2, 0.25) is 0 Å². The highest BCUT2D eigenvalue weighted by atomic mass is 35.5. The maximum absolute atomic E-state index is 12.3. The van der Waals surface area contributed by atoms with E-state index in [1.54, 1.807) is 48.5 Å². The molecule has 0 aliphatic carbocycles. The van der Waals surface area contributed by atoms with Gasteiger partial charge in [-0.05, 0) is 54.6 Å². The van der Waals surface area contributed by atoms with Crippen LogP contribution in [0.15, 0.2) is 71.8 Å². The third-order valence-corrected chi connectivity index (χ3v) is 4.74. The number of hydrazone groups is 1. The number of nitrogens with one attached hydrogen (secondary N) is 1. The Morgan fingerprint density at radius 2 is 1.55 bits per heavy atom. The molecule has 0 radical (unpaired) electrons. The van der Waals surface area contributed by atoms with Gasteiger partial charge >= 0.3 is 5.97 Å². The van der Waals surface area contributed by atoms with E-state index in [2.05, 4.69) is 10.5 Å². The Hall–Kier alpha value is -2.86. The molecule has 1 amide bonds. The first-order chi connectivity index (χ1) is 13.9. The Morgan fingerprint density at radius 1 is 0.862 bits per heavy atom. The van der Waals surface area contributed by atoms with E-state index < -0.39 is 11.9 Å². The maximum atomic E-state index is 12.3. The van der Waals surface area contributed by atoms with Crippen LogP contribution < -0.4 is 10.2 Å². The van der Waals surface area contributed by atoms with Crippen molar-refractivity contribution in [3.05, 3.63) is 98.5 Å².